The summed E-state index contributed by atoms with van der Waals surface area (Å²) in [6.45, 7) is 6.98. The van der Waals surface area contributed by atoms with Crippen molar-refractivity contribution in [2.24, 2.45) is 17.8 Å². The first-order chi connectivity index (χ1) is 15.5. The van der Waals surface area contributed by atoms with Crippen LogP contribution in [0.5, 0.6) is 0 Å². The van der Waals surface area contributed by atoms with E-state index in [1.807, 2.05) is 13.8 Å². The molecule has 4 atom stereocenters. The molecule has 0 fully saturated rings. The average molecular weight is 486 g/mol. The summed E-state index contributed by atoms with van der Waals surface area (Å²) in [5.74, 6) is -2.62. The van der Waals surface area contributed by atoms with Crippen LogP contribution < -0.4 is 16.1 Å². The number of rotatable bonds is 14. The molecule has 0 aliphatic rings. The van der Waals surface area contributed by atoms with E-state index in [0.29, 0.717) is 16.6 Å². The summed E-state index contributed by atoms with van der Waals surface area (Å²) >= 11 is 1.20. The first-order valence-corrected chi connectivity index (χ1v) is 11.3. The SMILES string of the molecule is CC(C)C[C@@H](C(=O)N[C@H](C(=O)Nc1nccs1)[C@H](C)CCC(=N)N[N+](=O)[O-])[C@H](C)N(O)C=O. The molecule has 0 spiro atoms. The molecule has 0 bridgehead atoms. The van der Waals surface area contributed by atoms with Crippen molar-refractivity contribution in [3.63, 3.8) is 0 Å². The van der Waals surface area contributed by atoms with E-state index < -0.39 is 40.8 Å². The number of nitro groups is 1. The fourth-order valence-corrected chi connectivity index (χ4v) is 3.74. The topological polar surface area (TPSA) is 191 Å². The number of carbonyl (C=O) groups is 3. The number of anilines is 1. The molecule has 1 heterocycles. The number of hydroxylamine groups is 2. The summed E-state index contributed by atoms with van der Waals surface area (Å²) in [4.78, 5) is 51.6. The quantitative estimate of drug-likeness (QED) is 0.0655. The minimum atomic E-state index is -1.05. The van der Waals surface area contributed by atoms with Crippen molar-refractivity contribution in [2.45, 2.75) is 59.0 Å². The van der Waals surface area contributed by atoms with Crippen LogP contribution in [-0.4, -0.2) is 56.4 Å². The van der Waals surface area contributed by atoms with Gasteiger partial charge in [0.05, 0.1) is 12.0 Å². The lowest BCUT2D eigenvalue weighted by Gasteiger charge is -2.31. The third kappa shape index (κ3) is 9.49. The minimum absolute atomic E-state index is 0.0135. The van der Waals surface area contributed by atoms with Crippen LogP contribution in [0.15, 0.2) is 11.6 Å². The highest BCUT2D eigenvalue weighted by Gasteiger charge is 2.34. The number of amidine groups is 1. The Bertz CT molecular complexity index is 820. The van der Waals surface area contributed by atoms with E-state index in [-0.39, 0.29) is 31.0 Å². The number of aromatic nitrogens is 1. The van der Waals surface area contributed by atoms with Crippen molar-refractivity contribution in [2.75, 3.05) is 5.32 Å². The summed E-state index contributed by atoms with van der Waals surface area (Å²) in [5.41, 5.74) is 1.76. The van der Waals surface area contributed by atoms with Crippen LogP contribution in [0.3, 0.4) is 0 Å². The zero-order valence-corrected chi connectivity index (χ0v) is 19.8. The predicted molar refractivity (Wildman–Crippen MR) is 121 cm³/mol. The Morgan fingerprint density at radius 2 is 2.00 bits per heavy atom. The molecule has 0 radical (unpaired) electrons. The molecule has 1 rings (SSSR count). The first-order valence-electron chi connectivity index (χ1n) is 10.4. The van der Waals surface area contributed by atoms with E-state index in [1.165, 1.54) is 24.5 Å². The number of carbonyl (C=O) groups excluding carboxylic acids is 3. The van der Waals surface area contributed by atoms with Crippen molar-refractivity contribution in [1.29, 1.82) is 5.41 Å². The van der Waals surface area contributed by atoms with Crippen molar-refractivity contribution in [3.05, 3.63) is 21.7 Å². The Labute approximate surface area is 195 Å². The number of hydrogen-bond acceptors (Lipinski definition) is 9. The van der Waals surface area contributed by atoms with Crippen LogP contribution in [0, 0.1) is 33.3 Å². The van der Waals surface area contributed by atoms with Gasteiger partial charge in [0.15, 0.2) is 16.0 Å². The maximum Gasteiger partial charge on any atom is 0.249 e. The lowest BCUT2D eigenvalue weighted by Crippen LogP contribution is -2.53. The largest absolute Gasteiger partial charge is 0.344 e. The van der Waals surface area contributed by atoms with Gasteiger partial charge in [-0.15, -0.1) is 11.3 Å². The van der Waals surface area contributed by atoms with Gasteiger partial charge < -0.3 is 10.6 Å². The Hall–Kier alpha value is -3.13. The maximum absolute atomic E-state index is 13.1. The van der Waals surface area contributed by atoms with E-state index in [9.17, 15) is 29.7 Å². The van der Waals surface area contributed by atoms with Crippen molar-refractivity contribution >= 4 is 40.5 Å². The van der Waals surface area contributed by atoms with Gasteiger partial charge in [-0.1, -0.05) is 26.2 Å². The van der Waals surface area contributed by atoms with E-state index >= 15 is 0 Å². The van der Waals surface area contributed by atoms with Crippen LogP contribution in [0.4, 0.5) is 5.13 Å². The highest BCUT2D eigenvalue weighted by molar-refractivity contribution is 7.13. The fraction of sp³-hybridized carbons (Fsp3) is 0.632. The van der Waals surface area contributed by atoms with Crippen molar-refractivity contribution in [3.8, 4) is 0 Å². The molecule has 184 valence electrons. The monoisotopic (exact) mass is 485 g/mol. The molecule has 1 aromatic heterocycles. The normalized spacial score (nSPS) is 14.5. The van der Waals surface area contributed by atoms with Crippen LogP contribution >= 0.6 is 11.3 Å². The Morgan fingerprint density at radius 3 is 2.52 bits per heavy atom. The van der Waals surface area contributed by atoms with Crippen LogP contribution in [0.2, 0.25) is 0 Å². The lowest BCUT2D eigenvalue weighted by molar-refractivity contribution is -0.525. The van der Waals surface area contributed by atoms with Gasteiger partial charge in [0.1, 0.15) is 6.04 Å². The summed E-state index contributed by atoms with van der Waals surface area (Å²) in [5, 5.41) is 34.9. The van der Waals surface area contributed by atoms with Gasteiger partial charge in [0.25, 0.3) is 0 Å². The molecule has 3 amide bonds. The number of amides is 3. The second-order valence-electron chi connectivity index (χ2n) is 8.14. The van der Waals surface area contributed by atoms with Crippen LogP contribution in [0.1, 0.15) is 47.0 Å². The Balaban J connectivity index is 3.05. The molecular weight excluding hydrogens is 454 g/mol. The summed E-state index contributed by atoms with van der Waals surface area (Å²) in [6.07, 6.45) is 2.26. The minimum Gasteiger partial charge on any atom is -0.344 e. The number of thiazole rings is 1. The molecular formula is C19H31N7O6S. The maximum atomic E-state index is 13.1. The number of hydrogen-bond donors (Lipinski definition) is 5. The third-order valence-corrected chi connectivity index (χ3v) is 5.75. The highest BCUT2D eigenvalue weighted by Crippen LogP contribution is 2.21. The van der Waals surface area contributed by atoms with Gasteiger partial charge in [-0.3, -0.25) is 25.0 Å². The molecule has 5 N–H and O–H groups in total. The smallest absolute Gasteiger partial charge is 0.249 e. The summed E-state index contributed by atoms with van der Waals surface area (Å²) < 4.78 is 0. The molecule has 0 aromatic carbocycles. The van der Waals surface area contributed by atoms with E-state index in [0.717, 1.165) is 0 Å². The van der Waals surface area contributed by atoms with E-state index in [1.54, 1.807) is 17.7 Å². The van der Waals surface area contributed by atoms with Gasteiger partial charge in [-0.25, -0.2) is 20.2 Å². The Morgan fingerprint density at radius 1 is 1.33 bits per heavy atom. The molecule has 1 aromatic rings. The molecule has 0 saturated carbocycles. The van der Waals surface area contributed by atoms with Gasteiger partial charge in [-0.2, -0.15) is 0 Å². The molecule has 0 aliphatic carbocycles. The van der Waals surface area contributed by atoms with Crippen LogP contribution in [-0.2, 0) is 14.4 Å². The standard InChI is InChI=1S/C19H31N7O6S/c1-11(2)9-14(13(4)25(30)10-27)17(28)22-16(18(29)23-19-21-7-8-33-19)12(3)5-6-15(20)24-26(31)32/h7-8,10-14,16,30H,5-6,9H2,1-4H3,(H2,20,24)(H,22,28)(H,21,23,29)/t12-,13+,14-,16+/m1/s1. The number of nitrogens with one attached hydrogen (secondary N) is 4. The second kappa shape index (κ2) is 13.4. The lowest BCUT2D eigenvalue weighted by atomic mass is 9.88. The molecule has 0 saturated heterocycles. The van der Waals surface area contributed by atoms with E-state index in [2.05, 4.69) is 15.6 Å². The zero-order valence-electron chi connectivity index (χ0n) is 19.0. The van der Waals surface area contributed by atoms with Gasteiger partial charge in [0.2, 0.25) is 18.2 Å². The van der Waals surface area contributed by atoms with Crippen LogP contribution in [0.25, 0.3) is 0 Å². The summed E-state index contributed by atoms with van der Waals surface area (Å²) in [7, 11) is 0. The van der Waals surface area contributed by atoms with Crippen molar-refractivity contribution < 1.29 is 24.6 Å². The molecule has 13 nitrogen and oxygen atoms in total. The number of nitrogens with zero attached hydrogens (tertiary/aromatic N) is 3. The second-order valence-corrected chi connectivity index (χ2v) is 9.03. The molecule has 0 aliphatic heterocycles. The fourth-order valence-electron chi connectivity index (χ4n) is 3.21. The van der Waals surface area contributed by atoms with Gasteiger partial charge in [-0.05, 0) is 31.6 Å². The number of hydrazine groups is 1. The zero-order chi connectivity index (χ0) is 25.1. The first kappa shape index (κ1) is 27.9. The highest BCUT2D eigenvalue weighted by atomic mass is 32.1. The third-order valence-electron chi connectivity index (χ3n) is 5.06. The van der Waals surface area contributed by atoms with Crippen molar-refractivity contribution in [1.82, 2.24) is 20.8 Å². The Kier molecular flexibility index (Phi) is 11.4. The molecule has 14 heteroatoms. The van der Waals surface area contributed by atoms with Gasteiger partial charge in [0, 0.05) is 18.0 Å². The molecule has 33 heavy (non-hydrogen) atoms. The predicted octanol–water partition coefficient (Wildman–Crippen LogP) is 1.64. The average Bonchev–Trinajstić information content (AvgIpc) is 3.25. The summed E-state index contributed by atoms with van der Waals surface area (Å²) in [6, 6.07) is -1.88. The van der Waals surface area contributed by atoms with E-state index in [4.69, 9.17) is 5.41 Å². The van der Waals surface area contributed by atoms with Gasteiger partial charge >= 0.3 is 0 Å². The molecule has 0 unspecified atom stereocenters.